The van der Waals surface area contributed by atoms with Gasteiger partial charge in [-0.05, 0) is 86.4 Å². The quantitative estimate of drug-likeness (QED) is 0.791. The average molecular weight is 338 g/mol. The number of nitrogens with one attached hydrogen (secondary N) is 1. The zero-order valence-corrected chi connectivity index (χ0v) is 15.4. The summed E-state index contributed by atoms with van der Waals surface area (Å²) in [5.74, 6) is 2.44. The maximum atomic E-state index is 6.26. The van der Waals surface area contributed by atoms with Gasteiger partial charge in [0, 0.05) is 18.9 Å². The zero-order valence-electron chi connectivity index (χ0n) is 15.4. The van der Waals surface area contributed by atoms with E-state index < -0.39 is 0 Å². The summed E-state index contributed by atoms with van der Waals surface area (Å²) in [5.41, 5.74) is 2.56. The fraction of sp³-hybridized carbons (Fsp3) is 0.500. The van der Waals surface area contributed by atoms with Gasteiger partial charge in [0.05, 0.1) is 6.10 Å². The summed E-state index contributed by atoms with van der Waals surface area (Å²) in [6.07, 6.45) is 9.03. The molecule has 3 rings (SSSR count). The van der Waals surface area contributed by atoms with Gasteiger partial charge in [0.2, 0.25) is 0 Å². The monoisotopic (exact) mass is 338 g/mol. The Bertz CT molecular complexity index is 643. The van der Waals surface area contributed by atoms with Crippen LogP contribution in [0.3, 0.4) is 0 Å². The molecule has 0 aliphatic heterocycles. The van der Waals surface area contributed by atoms with Crippen LogP contribution in [0.25, 0.3) is 0 Å². The Hall–Kier alpha value is -1.87. The molecule has 0 spiro atoms. The standard InChI is InChI=1S/C22H30N2O/c1-17-5-3-7-21(13-17)25-22-8-4-6-20(14-22)18(2)15-24-16-19-9-11-23-12-10-19/h3,5,7,9-13,18,20,22,24H,4,6,8,14-16H2,1-2H3/t18-,20+,22-/m1/s1. The molecule has 1 aromatic carbocycles. The maximum Gasteiger partial charge on any atom is 0.119 e. The van der Waals surface area contributed by atoms with E-state index in [-0.39, 0.29) is 0 Å². The molecule has 1 saturated carbocycles. The van der Waals surface area contributed by atoms with Gasteiger partial charge in [-0.1, -0.05) is 19.1 Å². The molecule has 0 saturated heterocycles. The molecule has 0 amide bonds. The minimum atomic E-state index is 0.364. The summed E-state index contributed by atoms with van der Waals surface area (Å²) in [5, 5.41) is 3.60. The van der Waals surface area contributed by atoms with E-state index in [2.05, 4.69) is 60.5 Å². The molecule has 1 fully saturated rings. The summed E-state index contributed by atoms with van der Waals surface area (Å²) in [7, 11) is 0. The number of ether oxygens (including phenoxy) is 1. The second-order valence-corrected chi connectivity index (χ2v) is 7.45. The molecule has 3 heteroatoms. The molecular weight excluding hydrogens is 308 g/mol. The number of benzene rings is 1. The van der Waals surface area contributed by atoms with Crippen LogP contribution in [0.5, 0.6) is 5.75 Å². The number of hydrogen-bond acceptors (Lipinski definition) is 3. The molecule has 1 N–H and O–H groups in total. The fourth-order valence-electron chi connectivity index (χ4n) is 3.80. The van der Waals surface area contributed by atoms with Gasteiger partial charge in [-0.15, -0.1) is 0 Å². The van der Waals surface area contributed by atoms with E-state index in [0.29, 0.717) is 12.0 Å². The van der Waals surface area contributed by atoms with E-state index in [1.807, 2.05) is 12.4 Å². The Labute approximate surface area is 151 Å². The summed E-state index contributed by atoms with van der Waals surface area (Å²) >= 11 is 0. The number of aryl methyl sites for hydroxylation is 1. The largest absolute Gasteiger partial charge is 0.490 e. The van der Waals surface area contributed by atoms with Crippen LogP contribution >= 0.6 is 0 Å². The zero-order chi connectivity index (χ0) is 17.5. The predicted molar refractivity (Wildman–Crippen MR) is 103 cm³/mol. The van der Waals surface area contributed by atoms with Crippen LogP contribution in [0, 0.1) is 18.8 Å². The number of nitrogens with zero attached hydrogens (tertiary/aromatic N) is 1. The van der Waals surface area contributed by atoms with Crippen molar-refractivity contribution in [1.82, 2.24) is 10.3 Å². The van der Waals surface area contributed by atoms with E-state index >= 15 is 0 Å². The number of aromatic nitrogens is 1. The van der Waals surface area contributed by atoms with Crippen molar-refractivity contribution in [1.29, 1.82) is 0 Å². The highest BCUT2D eigenvalue weighted by Gasteiger charge is 2.27. The van der Waals surface area contributed by atoms with E-state index in [1.165, 1.54) is 36.8 Å². The Kier molecular flexibility index (Phi) is 6.46. The highest BCUT2D eigenvalue weighted by molar-refractivity contribution is 5.27. The molecular formula is C22H30N2O. The van der Waals surface area contributed by atoms with Gasteiger partial charge >= 0.3 is 0 Å². The summed E-state index contributed by atoms with van der Waals surface area (Å²) in [4.78, 5) is 4.07. The van der Waals surface area contributed by atoms with Crippen molar-refractivity contribution in [2.45, 2.75) is 52.2 Å². The molecule has 1 aromatic heterocycles. The SMILES string of the molecule is Cc1cccc(O[C@@H]2CCC[C@H]([C@H](C)CNCc3ccncc3)C2)c1. The van der Waals surface area contributed by atoms with Crippen molar-refractivity contribution >= 4 is 0 Å². The van der Waals surface area contributed by atoms with Crippen LogP contribution in [0.4, 0.5) is 0 Å². The smallest absolute Gasteiger partial charge is 0.119 e. The summed E-state index contributed by atoms with van der Waals surface area (Å²) in [6, 6.07) is 12.6. The molecule has 25 heavy (non-hydrogen) atoms. The lowest BCUT2D eigenvalue weighted by Crippen LogP contribution is -2.33. The minimum absolute atomic E-state index is 0.364. The highest BCUT2D eigenvalue weighted by atomic mass is 16.5. The van der Waals surface area contributed by atoms with Crippen molar-refractivity contribution in [3.05, 3.63) is 59.9 Å². The van der Waals surface area contributed by atoms with Crippen LogP contribution in [-0.4, -0.2) is 17.6 Å². The summed E-state index contributed by atoms with van der Waals surface area (Å²) in [6.45, 7) is 6.47. The Morgan fingerprint density at radius 2 is 2.04 bits per heavy atom. The molecule has 3 nitrogen and oxygen atoms in total. The van der Waals surface area contributed by atoms with Crippen LogP contribution < -0.4 is 10.1 Å². The molecule has 1 aliphatic carbocycles. The van der Waals surface area contributed by atoms with Crippen molar-refractivity contribution in [3.8, 4) is 5.75 Å². The Morgan fingerprint density at radius 3 is 2.84 bits per heavy atom. The number of rotatable bonds is 7. The lowest BCUT2D eigenvalue weighted by atomic mass is 9.79. The third-order valence-corrected chi connectivity index (χ3v) is 5.31. The number of hydrogen-bond donors (Lipinski definition) is 1. The average Bonchev–Trinajstić information content (AvgIpc) is 2.63. The minimum Gasteiger partial charge on any atom is -0.490 e. The van der Waals surface area contributed by atoms with Gasteiger partial charge < -0.3 is 10.1 Å². The molecule has 2 aromatic rings. The van der Waals surface area contributed by atoms with E-state index in [1.54, 1.807) is 0 Å². The molecule has 1 heterocycles. The topological polar surface area (TPSA) is 34.1 Å². The lowest BCUT2D eigenvalue weighted by molar-refractivity contribution is 0.102. The van der Waals surface area contributed by atoms with Crippen LogP contribution in [-0.2, 0) is 6.54 Å². The molecule has 0 unspecified atom stereocenters. The van der Waals surface area contributed by atoms with E-state index in [0.717, 1.165) is 24.8 Å². The molecule has 1 aliphatic rings. The number of pyridine rings is 1. The van der Waals surface area contributed by atoms with Crippen molar-refractivity contribution in [2.24, 2.45) is 11.8 Å². The first-order chi connectivity index (χ1) is 12.2. The fourth-order valence-corrected chi connectivity index (χ4v) is 3.80. The summed E-state index contributed by atoms with van der Waals surface area (Å²) < 4.78 is 6.26. The first kappa shape index (κ1) is 17.9. The van der Waals surface area contributed by atoms with Gasteiger partial charge in [-0.25, -0.2) is 0 Å². The molecule has 0 bridgehead atoms. The normalized spacial score (nSPS) is 21.7. The molecule has 3 atom stereocenters. The first-order valence-electron chi connectivity index (χ1n) is 9.53. The van der Waals surface area contributed by atoms with Crippen molar-refractivity contribution in [3.63, 3.8) is 0 Å². The first-order valence-corrected chi connectivity index (χ1v) is 9.53. The van der Waals surface area contributed by atoms with Gasteiger partial charge in [0.15, 0.2) is 0 Å². The molecule has 134 valence electrons. The highest BCUT2D eigenvalue weighted by Crippen LogP contribution is 2.32. The maximum absolute atomic E-state index is 6.26. The second-order valence-electron chi connectivity index (χ2n) is 7.45. The van der Waals surface area contributed by atoms with E-state index in [9.17, 15) is 0 Å². The Balaban J connectivity index is 1.45. The third-order valence-electron chi connectivity index (χ3n) is 5.31. The van der Waals surface area contributed by atoms with Crippen LogP contribution in [0.2, 0.25) is 0 Å². The van der Waals surface area contributed by atoms with Gasteiger partial charge in [-0.3, -0.25) is 4.98 Å². The Morgan fingerprint density at radius 1 is 1.20 bits per heavy atom. The predicted octanol–water partition coefficient (Wildman–Crippen LogP) is 4.75. The van der Waals surface area contributed by atoms with Gasteiger partial charge in [-0.2, -0.15) is 0 Å². The second kappa shape index (κ2) is 9.00. The van der Waals surface area contributed by atoms with Crippen molar-refractivity contribution < 1.29 is 4.74 Å². The molecule has 0 radical (unpaired) electrons. The van der Waals surface area contributed by atoms with E-state index in [4.69, 9.17) is 4.74 Å². The third kappa shape index (κ3) is 5.57. The van der Waals surface area contributed by atoms with Gasteiger partial charge in [0.25, 0.3) is 0 Å². The van der Waals surface area contributed by atoms with Crippen molar-refractivity contribution in [2.75, 3.05) is 6.54 Å². The van der Waals surface area contributed by atoms with Crippen LogP contribution in [0.15, 0.2) is 48.8 Å². The lowest BCUT2D eigenvalue weighted by Gasteiger charge is -2.33. The van der Waals surface area contributed by atoms with Gasteiger partial charge in [0.1, 0.15) is 5.75 Å². The van der Waals surface area contributed by atoms with Crippen LogP contribution in [0.1, 0.15) is 43.7 Å².